The molecule has 5 nitrogen and oxygen atoms in total. The second-order valence-electron chi connectivity index (χ2n) is 2.51. The molecular weight excluding hydrogens is 160 g/mol. The minimum atomic E-state index is -0.944. The van der Waals surface area contributed by atoms with Gasteiger partial charge in [0.25, 0.3) is 0 Å². The lowest BCUT2D eigenvalue weighted by atomic mass is 10.2. The van der Waals surface area contributed by atoms with Gasteiger partial charge in [-0.1, -0.05) is 31.2 Å². The van der Waals surface area contributed by atoms with Crippen LogP contribution in [0.3, 0.4) is 0 Å². The van der Waals surface area contributed by atoms with E-state index in [1.54, 1.807) is 0 Å². The first-order valence-electron chi connectivity index (χ1n) is 4.23. The van der Waals surface area contributed by atoms with Crippen molar-refractivity contribution in [3.05, 3.63) is 0 Å². The van der Waals surface area contributed by atoms with Gasteiger partial charge in [0, 0.05) is 0 Å². The van der Waals surface area contributed by atoms with Crippen LogP contribution >= 0.6 is 0 Å². The van der Waals surface area contributed by atoms with Crippen LogP contribution in [-0.4, -0.2) is 13.0 Å². The van der Waals surface area contributed by atoms with Crippen LogP contribution in [-0.2, 0) is 14.8 Å². The lowest BCUT2D eigenvalue weighted by Gasteiger charge is -2.04. The maximum Gasteiger partial charge on any atom is 0.195 e. The standard InChI is InChI=1S/C7H18N2O3/c1-2-3-4-5-6-10-12-11-7(8)9/h7H,2-6,8-9H2,1H3. The SMILES string of the molecule is CCCCCCOOOC(N)N. The van der Waals surface area contributed by atoms with Crippen LogP contribution in [0.2, 0.25) is 0 Å². The molecule has 0 aromatic carbocycles. The zero-order chi connectivity index (χ0) is 9.23. The van der Waals surface area contributed by atoms with E-state index in [0.717, 1.165) is 12.8 Å². The lowest BCUT2D eigenvalue weighted by molar-refractivity contribution is -0.525. The minimum absolute atomic E-state index is 0.507. The van der Waals surface area contributed by atoms with Crippen molar-refractivity contribution < 1.29 is 14.8 Å². The van der Waals surface area contributed by atoms with Gasteiger partial charge in [0.1, 0.15) is 0 Å². The molecule has 0 fully saturated rings. The van der Waals surface area contributed by atoms with E-state index in [1.165, 1.54) is 12.8 Å². The number of hydrogen-bond donors (Lipinski definition) is 2. The number of hydrogen-bond acceptors (Lipinski definition) is 5. The summed E-state index contributed by atoms with van der Waals surface area (Å²) < 4.78 is 0. The molecular formula is C7H18N2O3. The maximum absolute atomic E-state index is 5.01. The summed E-state index contributed by atoms with van der Waals surface area (Å²) in [5.41, 5.74) is 10.0. The highest BCUT2D eigenvalue weighted by Crippen LogP contribution is 1.98. The first-order chi connectivity index (χ1) is 5.77. The molecule has 5 heteroatoms. The van der Waals surface area contributed by atoms with Gasteiger partial charge in [0.15, 0.2) is 6.35 Å². The van der Waals surface area contributed by atoms with Gasteiger partial charge in [-0.25, -0.2) is 4.89 Å². The summed E-state index contributed by atoms with van der Waals surface area (Å²) in [4.78, 5) is 8.89. The first kappa shape index (κ1) is 11.8. The highest BCUT2D eigenvalue weighted by molar-refractivity contribution is 4.36. The van der Waals surface area contributed by atoms with Crippen LogP contribution in [0.4, 0.5) is 0 Å². The molecule has 0 saturated carbocycles. The molecule has 4 N–H and O–H groups in total. The minimum Gasteiger partial charge on any atom is -0.291 e. The highest BCUT2D eigenvalue weighted by Gasteiger charge is 1.94. The smallest absolute Gasteiger partial charge is 0.195 e. The maximum atomic E-state index is 5.01. The third-order valence-corrected chi connectivity index (χ3v) is 1.28. The van der Waals surface area contributed by atoms with E-state index in [9.17, 15) is 0 Å². The number of nitrogens with two attached hydrogens (primary N) is 2. The van der Waals surface area contributed by atoms with E-state index in [4.69, 9.17) is 11.5 Å². The summed E-state index contributed by atoms with van der Waals surface area (Å²) in [5, 5.41) is 4.23. The van der Waals surface area contributed by atoms with E-state index < -0.39 is 6.35 Å². The Kier molecular flexibility index (Phi) is 8.74. The Balaban J connectivity index is 2.82. The molecule has 0 bridgehead atoms. The summed E-state index contributed by atoms with van der Waals surface area (Å²) in [7, 11) is 0. The molecule has 0 atom stereocenters. The van der Waals surface area contributed by atoms with Crippen molar-refractivity contribution in [2.75, 3.05) is 6.61 Å². The van der Waals surface area contributed by atoms with Crippen LogP contribution in [0.5, 0.6) is 0 Å². The molecule has 0 aromatic heterocycles. The quantitative estimate of drug-likeness (QED) is 0.247. The van der Waals surface area contributed by atoms with E-state index >= 15 is 0 Å². The largest absolute Gasteiger partial charge is 0.291 e. The summed E-state index contributed by atoms with van der Waals surface area (Å²) in [6, 6.07) is 0. The second-order valence-corrected chi connectivity index (χ2v) is 2.51. The van der Waals surface area contributed by atoms with Crippen LogP contribution in [0.15, 0.2) is 0 Å². The molecule has 12 heavy (non-hydrogen) atoms. The van der Waals surface area contributed by atoms with Crippen molar-refractivity contribution >= 4 is 0 Å². The van der Waals surface area contributed by atoms with Gasteiger partial charge in [-0.3, -0.25) is 11.5 Å². The van der Waals surface area contributed by atoms with Crippen LogP contribution < -0.4 is 11.5 Å². The van der Waals surface area contributed by atoms with Crippen LogP contribution in [0, 0.1) is 0 Å². The molecule has 0 radical (unpaired) electrons. The van der Waals surface area contributed by atoms with E-state index in [0.29, 0.717) is 6.61 Å². The topological polar surface area (TPSA) is 79.7 Å². The molecule has 74 valence electrons. The monoisotopic (exact) mass is 178 g/mol. The fourth-order valence-electron chi connectivity index (χ4n) is 0.695. The van der Waals surface area contributed by atoms with Gasteiger partial charge in [-0.15, -0.1) is 0 Å². The third kappa shape index (κ3) is 9.80. The Morgan fingerprint density at radius 2 is 1.92 bits per heavy atom. The average Bonchev–Trinajstić information content (AvgIpc) is 2.02. The van der Waals surface area contributed by atoms with Gasteiger partial charge in [0.05, 0.1) is 6.61 Å². The fourth-order valence-corrected chi connectivity index (χ4v) is 0.695. The zero-order valence-corrected chi connectivity index (χ0v) is 7.49. The molecule has 0 heterocycles. The zero-order valence-electron chi connectivity index (χ0n) is 7.49. The predicted molar refractivity (Wildman–Crippen MR) is 44.4 cm³/mol. The lowest BCUT2D eigenvalue weighted by Crippen LogP contribution is -2.33. The van der Waals surface area contributed by atoms with Gasteiger partial charge in [-0.2, -0.15) is 4.89 Å². The summed E-state index contributed by atoms with van der Waals surface area (Å²) >= 11 is 0. The Labute approximate surface area is 72.8 Å². The molecule has 0 aromatic rings. The highest BCUT2D eigenvalue weighted by atomic mass is 17.5. The van der Waals surface area contributed by atoms with Crippen molar-refractivity contribution in [1.29, 1.82) is 0 Å². The van der Waals surface area contributed by atoms with E-state index in [2.05, 4.69) is 21.7 Å². The number of rotatable bonds is 8. The second kappa shape index (κ2) is 8.89. The van der Waals surface area contributed by atoms with Crippen LogP contribution in [0.1, 0.15) is 32.6 Å². The Bertz CT molecular complexity index is 90.7. The van der Waals surface area contributed by atoms with Crippen molar-refractivity contribution in [1.82, 2.24) is 0 Å². The van der Waals surface area contributed by atoms with Gasteiger partial charge >= 0.3 is 0 Å². The number of unbranched alkanes of at least 4 members (excludes halogenated alkanes) is 3. The molecule has 0 rings (SSSR count). The fraction of sp³-hybridized carbons (Fsp3) is 1.00. The molecule has 0 spiro atoms. The molecule has 0 saturated heterocycles. The molecule has 0 aliphatic carbocycles. The Morgan fingerprint density at radius 3 is 2.50 bits per heavy atom. The summed E-state index contributed by atoms with van der Waals surface area (Å²) in [5.74, 6) is 0. The third-order valence-electron chi connectivity index (χ3n) is 1.28. The first-order valence-corrected chi connectivity index (χ1v) is 4.23. The van der Waals surface area contributed by atoms with Crippen molar-refractivity contribution in [3.63, 3.8) is 0 Å². The van der Waals surface area contributed by atoms with E-state index in [1.807, 2.05) is 0 Å². The van der Waals surface area contributed by atoms with Crippen molar-refractivity contribution in [3.8, 4) is 0 Å². The summed E-state index contributed by atoms with van der Waals surface area (Å²) in [6.45, 7) is 2.65. The van der Waals surface area contributed by atoms with E-state index in [-0.39, 0.29) is 0 Å². The average molecular weight is 178 g/mol. The van der Waals surface area contributed by atoms with Gasteiger partial charge in [-0.05, 0) is 6.42 Å². The van der Waals surface area contributed by atoms with Gasteiger partial charge in [0.2, 0.25) is 0 Å². The van der Waals surface area contributed by atoms with Crippen molar-refractivity contribution in [2.45, 2.75) is 39.0 Å². The molecule has 0 aliphatic heterocycles. The Morgan fingerprint density at radius 1 is 1.17 bits per heavy atom. The van der Waals surface area contributed by atoms with Crippen molar-refractivity contribution in [2.24, 2.45) is 11.5 Å². The normalized spacial score (nSPS) is 11.0. The predicted octanol–water partition coefficient (Wildman–Crippen LogP) is 0.648. The molecule has 0 amide bonds. The summed E-state index contributed by atoms with van der Waals surface area (Å²) in [6.07, 6.45) is 3.55. The Hall–Kier alpha value is -0.200. The molecule has 0 aliphatic rings. The van der Waals surface area contributed by atoms with Crippen LogP contribution in [0.25, 0.3) is 0 Å². The van der Waals surface area contributed by atoms with Gasteiger partial charge < -0.3 is 0 Å². The molecule has 0 unspecified atom stereocenters.